The molecule has 4 heteroatoms. The predicted octanol–water partition coefficient (Wildman–Crippen LogP) is 6.37. The molecule has 0 spiro atoms. The quantitative estimate of drug-likeness (QED) is 0.143. The molecule has 0 saturated heterocycles. The van der Waals surface area contributed by atoms with E-state index in [0.29, 0.717) is 6.42 Å². The average Bonchev–Trinajstić information content (AvgIpc) is 2.66. The van der Waals surface area contributed by atoms with Crippen molar-refractivity contribution in [3.05, 3.63) is 24.3 Å². The Labute approximate surface area is 172 Å². The fourth-order valence-electron chi connectivity index (χ4n) is 3.19. The van der Waals surface area contributed by atoms with Gasteiger partial charge in [-0.15, -0.1) is 0 Å². The molecule has 28 heavy (non-hydrogen) atoms. The highest BCUT2D eigenvalue weighted by molar-refractivity contribution is 5.95. The van der Waals surface area contributed by atoms with Crippen molar-refractivity contribution in [1.82, 2.24) is 0 Å². The molecular weight excluding hydrogens is 352 g/mol. The summed E-state index contributed by atoms with van der Waals surface area (Å²) in [5.41, 5.74) is 0. The Bertz CT molecular complexity index is 440. The first-order valence-corrected chi connectivity index (χ1v) is 11.3. The second-order valence-electron chi connectivity index (χ2n) is 7.72. The lowest BCUT2D eigenvalue weighted by Crippen LogP contribution is -2.12. The van der Waals surface area contributed by atoms with Crippen molar-refractivity contribution < 1.29 is 19.8 Å². The third-order valence-corrected chi connectivity index (χ3v) is 4.90. The van der Waals surface area contributed by atoms with Crippen LogP contribution in [0.5, 0.6) is 0 Å². The lowest BCUT2D eigenvalue weighted by Gasteiger charge is -2.08. The van der Waals surface area contributed by atoms with Gasteiger partial charge in [-0.05, 0) is 38.2 Å². The van der Waals surface area contributed by atoms with Gasteiger partial charge in [-0.3, -0.25) is 4.79 Å². The summed E-state index contributed by atoms with van der Waals surface area (Å²) in [5.74, 6) is -1.48. The van der Waals surface area contributed by atoms with Gasteiger partial charge in [0.1, 0.15) is 0 Å². The smallest absolute Gasteiger partial charge is 0.328 e. The number of unbranched alkanes of at least 4 members (excludes halogenated alkanes) is 12. The average molecular weight is 395 g/mol. The van der Waals surface area contributed by atoms with Crippen LogP contribution in [0, 0.1) is 0 Å². The first kappa shape index (κ1) is 26.6. The van der Waals surface area contributed by atoms with Gasteiger partial charge in [0.2, 0.25) is 0 Å². The van der Waals surface area contributed by atoms with Gasteiger partial charge in [-0.1, -0.05) is 83.3 Å². The molecule has 2 N–H and O–H groups in total. The summed E-state index contributed by atoms with van der Waals surface area (Å²) in [7, 11) is 0. The van der Waals surface area contributed by atoms with E-state index in [1.54, 1.807) is 0 Å². The molecule has 0 radical (unpaired) electrons. The maximum absolute atomic E-state index is 11.4. The zero-order valence-electron chi connectivity index (χ0n) is 17.9. The molecule has 0 aromatic carbocycles. The fourth-order valence-corrected chi connectivity index (χ4v) is 3.19. The highest BCUT2D eigenvalue weighted by atomic mass is 16.4. The first-order valence-electron chi connectivity index (χ1n) is 11.3. The number of carboxylic acids is 1. The van der Waals surface area contributed by atoms with E-state index in [4.69, 9.17) is 5.11 Å². The maximum Gasteiger partial charge on any atom is 0.328 e. The van der Waals surface area contributed by atoms with Gasteiger partial charge in [0.15, 0.2) is 5.78 Å². The van der Waals surface area contributed by atoms with Crippen LogP contribution in [0.4, 0.5) is 0 Å². The maximum atomic E-state index is 11.4. The minimum Gasteiger partial charge on any atom is -0.478 e. The third kappa shape index (κ3) is 20.9. The van der Waals surface area contributed by atoms with Crippen molar-refractivity contribution in [2.75, 3.05) is 0 Å². The van der Waals surface area contributed by atoms with Gasteiger partial charge in [0, 0.05) is 12.5 Å². The largest absolute Gasteiger partial charge is 0.478 e. The highest BCUT2D eigenvalue weighted by Gasteiger charge is 2.08. The molecule has 1 atom stereocenters. The second kappa shape index (κ2) is 20.3. The van der Waals surface area contributed by atoms with Crippen molar-refractivity contribution >= 4 is 11.8 Å². The number of rotatable bonds is 20. The number of carbonyl (C=O) groups excluding carboxylic acids is 1. The van der Waals surface area contributed by atoms with Gasteiger partial charge in [0.25, 0.3) is 0 Å². The molecule has 0 aliphatic carbocycles. The van der Waals surface area contributed by atoms with Gasteiger partial charge < -0.3 is 10.2 Å². The number of aliphatic hydroxyl groups is 1. The van der Waals surface area contributed by atoms with Crippen molar-refractivity contribution in [3.63, 3.8) is 0 Å². The standard InChI is InChI=1S/C24H42O4/c1-2-3-4-5-6-7-8-9-10-11-12-13-14-15-16-17-18-22(25)21-23(26)19-20-24(27)28/h9-10,19-20,22,25H,2-8,11-18,21H2,1H3,(H,27,28)/b10-9-,20-19+. The number of ketones is 1. The molecule has 1 unspecified atom stereocenters. The van der Waals surface area contributed by atoms with Gasteiger partial charge in [0.05, 0.1) is 6.10 Å². The summed E-state index contributed by atoms with van der Waals surface area (Å²) < 4.78 is 0. The molecule has 0 rings (SSSR count). The van der Waals surface area contributed by atoms with Crippen LogP contribution in [-0.4, -0.2) is 28.1 Å². The number of aliphatic carboxylic acids is 1. The molecule has 0 saturated carbocycles. The van der Waals surface area contributed by atoms with Crippen LogP contribution in [0.3, 0.4) is 0 Å². The van der Waals surface area contributed by atoms with Gasteiger partial charge in [-0.2, -0.15) is 0 Å². The van der Waals surface area contributed by atoms with E-state index in [2.05, 4.69) is 19.1 Å². The van der Waals surface area contributed by atoms with Crippen LogP contribution < -0.4 is 0 Å². The zero-order valence-corrected chi connectivity index (χ0v) is 17.9. The lowest BCUT2D eigenvalue weighted by molar-refractivity contribution is -0.131. The number of allylic oxidation sites excluding steroid dienone is 3. The minimum absolute atomic E-state index is 0.00878. The third-order valence-electron chi connectivity index (χ3n) is 4.90. The molecule has 4 nitrogen and oxygen atoms in total. The molecule has 0 heterocycles. The molecule has 0 aromatic rings. The predicted molar refractivity (Wildman–Crippen MR) is 116 cm³/mol. The van der Waals surface area contributed by atoms with Crippen LogP contribution in [0.15, 0.2) is 24.3 Å². The number of hydrogen-bond donors (Lipinski definition) is 2. The summed E-state index contributed by atoms with van der Waals surface area (Å²) >= 11 is 0. The van der Waals surface area contributed by atoms with E-state index >= 15 is 0 Å². The summed E-state index contributed by atoms with van der Waals surface area (Å²) in [6.45, 7) is 2.25. The lowest BCUT2D eigenvalue weighted by atomic mass is 10.0. The Morgan fingerprint density at radius 3 is 1.79 bits per heavy atom. The van der Waals surface area contributed by atoms with E-state index in [1.807, 2.05) is 0 Å². The van der Waals surface area contributed by atoms with Crippen LogP contribution in [0.2, 0.25) is 0 Å². The summed E-state index contributed by atoms with van der Waals surface area (Å²) in [4.78, 5) is 21.7. The van der Waals surface area contributed by atoms with E-state index in [9.17, 15) is 14.7 Å². The number of hydrogen-bond acceptors (Lipinski definition) is 3. The molecule has 0 aromatic heterocycles. The second-order valence-corrected chi connectivity index (χ2v) is 7.72. The van der Waals surface area contributed by atoms with Gasteiger partial charge >= 0.3 is 5.97 Å². The number of carboxylic acid groups (broad SMARTS) is 1. The normalized spacial score (nSPS) is 12.8. The fraction of sp³-hybridized carbons (Fsp3) is 0.750. The van der Waals surface area contributed by atoms with Crippen molar-refractivity contribution in [2.45, 2.75) is 116 Å². The topological polar surface area (TPSA) is 74.6 Å². The summed E-state index contributed by atoms with van der Waals surface area (Å²) in [6.07, 6.45) is 23.9. The number of carbonyl (C=O) groups is 2. The van der Waals surface area contributed by atoms with Crippen LogP contribution in [0.1, 0.15) is 110 Å². The molecular formula is C24H42O4. The Kier molecular flexibility index (Phi) is 19.3. The molecule has 0 aliphatic rings. The van der Waals surface area contributed by atoms with Crippen LogP contribution >= 0.6 is 0 Å². The summed E-state index contributed by atoms with van der Waals surface area (Å²) in [5, 5.41) is 18.2. The van der Waals surface area contributed by atoms with Crippen LogP contribution in [-0.2, 0) is 9.59 Å². The molecule has 0 bridgehead atoms. The summed E-state index contributed by atoms with van der Waals surface area (Å²) in [6, 6.07) is 0. The molecule has 162 valence electrons. The monoisotopic (exact) mass is 394 g/mol. The zero-order chi connectivity index (χ0) is 20.9. The Morgan fingerprint density at radius 1 is 0.750 bits per heavy atom. The molecule has 0 aliphatic heterocycles. The Morgan fingerprint density at radius 2 is 1.25 bits per heavy atom. The minimum atomic E-state index is -1.14. The van der Waals surface area contributed by atoms with Gasteiger partial charge in [-0.25, -0.2) is 4.79 Å². The number of aliphatic hydroxyl groups excluding tert-OH is 1. The van der Waals surface area contributed by atoms with E-state index in [0.717, 1.165) is 25.0 Å². The van der Waals surface area contributed by atoms with Crippen molar-refractivity contribution in [2.24, 2.45) is 0 Å². The first-order chi connectivity index (χ1) is 13.6. The van der Waals surface area contributed by atoms with E-state index in [-0.39, 0.29) is 12.2 Å². The van der Waals surface area contributed by atoms with Crippen molar-refractivity contribution in [1.29, 1.82) is 0 Å². The molecule has 0 amide bonds. The van der Waals surface area contributed by atoms with E-state index < -0.39 is 12.1 Å². The van der Waals surface area contributed by atoms with Crippen LogP contribution in [0.25, 0.3) is 0 Å². The van der Waals surface area contributed by atoms with Crippen molar-refractivity contribution in [3.8, 4) is 0 Å². The SMILES string of the molecule is CCCCCCCC/C=C\CCCCCCCCC(O)CC(=O)/C=C/C(=O)O. The molecule has 0 fully saturated rings. The Hall–Kier alpha value is -1.42. The Balaban J connectivity index is 3.35. The van der Waals surface area contributed by atoms with E-state index in [1.165, 1.54) is 77.0 Å². The highest BCUT2D eigenvalue weighted by Crippen LogP contribution is 2.12.